The van der Waals surface area contributed by atoms with Crippen LogP contribution in [0.15, 0.2) is 58.2 Å². The number of nitrogens with one attached hydrogen (secondary N) is 2. The van der Waals surface area contributed by atoms with Gasteiger partial charge in [-0.1, -0.05) is 18.2 Å². The number of amides is 2. The first-order valence-corrected chi connectivity index (χ1v) is 11.7. The lowest BCUT2D eigenvalue weighted by Gasteiger charge is -2.42. The van der Waals surface area contributed by atoms with Gasteiger partial charge in [-0.05, 0) is 76.1 Å². The van der Waals surface area contributed by atoms with Crippen molar-refractivity contribution >= 4 is 28.7 Å². The molecule has 34 heavy (non-hydrogen) atoms. The fraction of sp³-hybridized carbons (Fsp3) is 0.385. The van der Waals surface area contributed by atoms with Gasteiger partial charge in [-0.3, -0.25) is 9.78 Å². The molecule has 1 spiro atoms. The Labute approximate surface area is 197 Å². The summed E-state index contributed by atoms with van der Waals surface area (Å²) < 4.78 is 11.5. The fourth-order valence-corrected chi connectivity index (χ4v) is 5.16. The molecule has 1 aliphatic carbocycles. The second-order valence-corrected chi connectivity index (χ2v) is 9.29. The quantitative estimate of drug-likeness (QED) is 0.573. The number of furan rings is 1. The van der Waals surface area contributed by atoms with Gasteiger partial charge in [-0.25, -0.2) is 10.2 Å². The molecule has 1 saturated carbocycles. The molecule has 5 rings (SSSR count). The third kappa shape index (κ3) is 4.27. The lowest BCUT2D eigenvalue weighted by atomic mass is 9.72. The van der Waals surface area contributed by atoms with Crippen LogP contribution < -0.4 is 10.7 Å². The predicted molar refractivity (Wildman–Crippen MR) is 128 cm³/mol. The zero-order valence-corrected chi connectivity index (χ0v) is 19.3. The largest absolute Gasteiger partial charge is 0.451 e. The van der Waals surface area contributed by atoms with Gasteiger partial charge in [0.05, 0.1) is 0 Å². The highest BCUT2D eigenvalue weighted by Gasteiger charge is 2.46. The van der Waals surface area contributed by atoms with E-state index >= 15 is 0 Å². The molecule has 3 aromatic rings. The summed E-state index contributed by atoms with van der Waals surface area (Å²) in [5.41, 5.74) is 4.91. The van der Waals surface area contributed by atoms with Crippen LogP contribution >= 0.6 is 0 Å². The maximum atomic E-state index is 12.7. The average molecular weight is 461 g/mol. The second-order valence-electron chi connectivity index (χ2n) is 9.29. The van der Waals surface area contributed by atoms with Crippen molar-refractivity contribution in [1.29, 1.82) is 0 Å². The molecule has 1 fully saturated rings. The van der Waals surface area contributed by atoms with E-state index in [0.29, 0.717) is 30.1 Å². The van der Waals surface area contributed by atoms with Gasteiger partial charge in [-0.15, -0.1) is 0 Å². The van der Waals surface area contributed by atoms with Gasteiger partial charge in [0.15, 0.2) is 11.4 Å². The van der Waals surface area contributed by atoms with Crippen molar-refractivity contribution in [3.63, 3.8) is 0 Å². The maximum Gasteiger partial charge on any atom is 0.428 e. The highest BCUT2D eigenvalue weighted by Crippen LogP contribution is 2.40. The lowest BCUT2D eigenvalue weighted by Crippen LogP contribution is -2.52. The number of para-hydroxylation sites is 1. The molecule has 2 aliphatic rings. The number of hydrogen-bond donors (Lipinski definition) is 2. The summed E-state index contributed by atoms with van der Waals surface area (Å²) in [4.78, 5) is 29.1. The summed E-state index contributed by atoms with van der Waals surface area (Å²) in [5.74, 6) is 0.524. The van der Waals surface area contributed by atoms with Crippen molar-refractivity contribution in [3.05, 3.63) is 65.7 Å². The molecule has 2 aromatic heterocycles. The third-order valence-electron chi connectivity index (χ3n) is 6.87. The van der Waals surface area contributed by atoms with Crippen LogP contribution in [0, 0.1) is 12.8 Å². The van der Waals surface area contributed by atoms with Crippen molar-refractivity contribution in [2.75, 3.05) is 0 Å². The molecule has 2 N–H and O–H groups in total. The number of aryl methyl sites for hydroxylation is 1. The van der Waals surface area contributed by atoms with Gasteiger partial charge in [0.25, 0.3) is 5.91 Å². The number of carbonyl (C=O) groups excluding carboxylic acids is 2. The number of hydrogen-bond acceptors (Lipinski definition) is 6. The van der Waals surface area contributed by atoms with Crippen LogP contribution in [0.5, 0.6) is 0 Å². The van der Waals surface area contributed by atoms with E-state index in [1.54, 1.807) is 12.3 Å². The van der Waals surface area contributed by atoms with Gasteiger partial charge in [0, 0.05) is 28.9 Å². The summed E-state index contributed by atoms with van der Waals surface area (Å²) in [7, 11) is 0. The lowest BCUT2D eigenvalue weighted by molar-refractivity contribution is 0.0153. The Morgan fingerprint density at radius 2 is 2.03 bits per heavy atom. The minimum absolute atomic E-state index is 0.0101. The zero-order chi connectivity index (χ0) is 23.7. The summed E-state index contributed by atoms with van der Waals surface area (Å²) in [5, 5.41) is 8.36. The van der Waals surface area contributed by atoms with E-state index in [-0.39, 0.29) is 11.9 Å². The van der Waals surface area contributed by atoms with Crippen LogP contribution in [0.1, 0.15) is 60.8 Å². The van der Waals surface area contributed by atoms with E-state index in [9.17, 15) is 9.59 Å². The van der Waals surface area contributed by atoms with Crippen LogP contribution in [0.25, 0.3) is 11.0 Å². The SMILES string of the molecule is Cc1ncccc1C1=NNC(=O)OC12CCC(C[C@H](C)NC(=O)c1cc3ccccc3o1)CC2. The van der Waals surface area contributed by atoms with Gasteiger partial charge in [-0.2, -0.15) is 5.10 Å². The van der Waals surface area contributed by atoms with Crippen molar-refractivity contribution in [3.8, 4) is 0 Å². The molecular formula is C26H28N4O4. The smallest absolute Gasteiger partial charge is 0.428 e. The Morgan fingerprint density at radius 1 is 1.24 bits per heavy atom. The van der Waals surface area contributed by atoms with E-state index in [4.69, 9.17) is 9.15 Å². The minimum Gasteiger partial charge on any atom is -0.451 e. The summed E-state index contributed by atoms with van der Waals surface area (Å²) in [6, 6.07) is 13.2. The van der Waals surface area contributed by atoms with Crippen LogP contribution in [0.4, 0.5) is 4.79 Å². The number of ether oxygens (including phenoxy) is 1. The summed E-state index contributed by atoms with van der Waals surface area (Å²) in [6.07, 6.45) is 5.17. The molecule has 0 unspecified atom stereocenters. The van der Waals surface area contributed by atoms with Gasteiger partial charge in [0.1, 0.15) is 11.3 Å². The minimum atomic E-state index is -0.743. The Hall–Kier alpha value is -3.68. The fourth-order valence-electron chi connectivity index (χ4n) is 5.16. The Morgan fingerprint density at radius 3 is 2.79 bits per heavy atom. The molecular weight excluding hydrogens is 432 g/mol. The molecule has 176 valence electrons. The number of pyridine rings is 1. The number of nitrogens with zero attached hydrogens (tertiary/aromatic N) is 2. The molecule has 0 bridgehead atoms. The summed E-state index contributed by atoms with van der Waals surface area (Å²) >= 11 is 0. The summed E-state index contributed by atoms with van der Waals surface area (Å²) in [6.45, 7) is 3.95. The molecule has 3 heterocycles. The molecule has 2 amide bonds. The topological polar surface area (TPSA) is 106 Å². The van der Waals surface area contributed by atoms with Gasteiger partial charge < -0.3 is 14.5 Å². The molecule has 1 atom stereocenters. The number of carbonyl (C=O) groups is 2. The number of fused-ring (bicyclic) bond motifs is 1. The number of rotatable bonds is 5. The molecule has 8 heteroatoms. The van der Waals surface area contributed by atoms with E-state index in [1.807, 2.05) is 50.2 Å². The van der Waals surface area contributed by atoms with E-state index in [1.165, 1.54) is 0 Å². The van der Waals surface area contributed by atoms with Crippen molar-refractivity contribution in [2.24, 2.45) is 11.0 Å². The standard InChI is InChI=1S/C26H28N4O4/c1-16(28-24(31)22-15-19-6-3-4-8-21(19)33-22)14-18-9-11-26(12-10-18)23(29-30-25(32)34-26)20-7-5-13-27-17(20)2/h3-8,13,15-16,18H,9-12,14H2,1-2H3,(H,28,31)(H,30,32)/t16-,18?,26?/m0/s1. The van der Waals surface area contributed by atoms with Crippen LogP contribution in [-0.2, 0) is 4.74 Å². The van der Waals surface area contributed by atoms with Crippen LogP contribution in [-0.4, -0.2) is 34.3 Å². The molecule has 8 nitrogen and oxygen atoms in total. The predicted octanol–water partition coefficient (Wildman–Crippen LogP) is 4.72. The van der Waals surface area contributed by atoms with Gasteiger partial charge in [0.2, 0.25) is 0 Å². The molecule has 1 aliphatic heterocycles. The number of hydrazone groups is 1. The van der Waals surface area contributed by atoms with Crippen molar-refractivity contribution in [2.45, 2.75) is 57.6 Å². The van der Waals surface area contributed by atoms with Crippen molar-refractivity contribution in [1.82, 2.24) is 15.7 Å². The zero-order valence-electron chi connectivity index (χ0n) is 19.3. The Balaban J connectivity index is 1.22. The number of aromatic nitrogens is 1. The molecule has 1 aromatic carbocycles. The van der Waals surface area contributed by atoms with Crippen LogP contribution in [0.3, 0.4) is 0 Å². The Bertz CT molecular complexity index is 1220. The first kappa shape index (κ1) is 22.1. The first-order chi connectivity index (χ1) is 16.4. The maximum absolute atomic E-state index is 12.7. The molecule has 0 radical (unpaired) electrons. The first-order valence-electron chi connectivity index (χ1n) is 11.7. The normalized spacial score (nSPS) is 23.2. The van der Waals surface area contributed by atoms with E-state index in [0.717, 1.165) is 41.6 Å². The highest BCUT2D eigenvalue weighted by molar-refractivity contribution is 6.09. The highest BCUT2D eigenvalue weighted by atomic mass is 16.6. The van der Waals surface area contributed by atoms with Crippen molar-refractivity contribution < 1.29 is 18.7 Å². The van der Waals surface area contributed by atoms with Gasteiger partial charge >= 0.3 is 6.09 Å². The number of benzene rings is 1. The monoisotopic (exact) mass is 460 g/mol. The average Bonchev–Trinajstić information content (AvgIpc) is 3.26. The Kier molecular flexibility index (Phi) is 5.81. The van der Waals surface area contributed by atoms with Crippen LogP contribution in [0.2, 0.25) is 0 Å². The second kappa shape index (κ2) is 8.93. The third-order valence-corrected chi connectivity index (χ3v) is 6.87. The van der Waals surface area contributed by atoms with E-state index in [2.05, 4.69) is 20.8 Å². The molecule has 0 saturated heterocycles. The van der Waals surface area contributed by atoms with E-state index < -0.39 is 11.7 Å².